The van der Waals surface area contributed by atoms with Crippen LogP contribution in [0.25, 0.3) is 0 Å². The second-order valence-corrected chi connectivity index (χ2v) is 7.06. The summed E-state index contributed by atoms with van der Waals surface area (Å²) in [6, 6.07) is 0. The number of hydrogen-bond donors (Lipinski definition) is 0. The molecule has 0 bridgehead atoms. The summed E-state index contributed by atoms with van der Waals surface area (Å²) in [5.41, 5.74) is 0. The van der Waals surface area contributed by atoms with Crippen LogP contribution in [0.5, 0.6) is 0 Å². The van der Waals surface area contributed by atoms with Crippen molar-refractivity contribution in [1.82, 2.24) is 0 Å². The van der Waals surface area contributed by atoms with Gasteiger partial charge in [0.2, 0.25) is 0 Å². The van der Waals surface area contributed by atoms with E-state index in [9.17, 15) is 0 Å². The molecule has 137 valence electrons. The van der Waals surface area contributed by atoms with Gasteiger partial charge in [0.15, 0.2) is 6.29 Å². The van der Waals surface area contributed by atoms with Crippen LogP contribution in [0.3, 0.4) is 0 Å². The van der Waals surface area contributed by atoms with Crippen molar-refractivity contribution in [2.75, 3.05) is 13.2 Å². The van der Waals surface area contributed by atoms with Crippen LogP contribution >= 0.6 is 0 Å². The Labute approximate surface area is 145 Å². The highest BCUT2D eigenvalue weighted by Crippen LogP contribution is 2.37. The monoisotopic (exact) mass is 325 g/mol. The molecule has 0 aromatic rings. The maximum absolute atomic E-state index is 5.62. The van der Waals surface area contributed by atoms with Gasteiger partial charge in [0, 0.05) is 13.2 Å². The third-order valence-corrected chi connectivity index (χ3v) is 5.22. The molecule has 2 nitrogen and oxygen atoms in total. The second-order valence-electron chi connectivity index (χ2n) is 7.06. The zero-order valence-electron chi connectivity index (χ0n) is 16.0. The lowest BCUT2D eigenvalue weighted by atomic mass is 9.87. The third-order valence-electron chi connectivity index (χ3n) is 5.22. The van der Waals surface area contributed by atoms with E-state index in [4.69, 9.17) is 9.47 Å². The summed E-state index contributed by atoms with van der Waals surface area (Å²) < 4.78 is 11.2. The van der Waals surface area contributed by atoms with Gasteiger partial charge in [-0.2, -0.15) is 0 Å². The summed E-state index contributed by atoms with van der Waals surface area (Å²) in [7, 11) is 0. The van der Waals surface area contributed by atoms with Gasteiger partial charge in [-0.05, 0) is 64.2 Å². The molecule has 0 N–H and O–H groups in total. The largest absolute Gasteiger partial charge is 0.353 e. The molecule has 2 heteroatoms. The van der Waals surface area contributed by atoms with Crippen molar-refractivity contribution in [3.63, 3.8) is 0 Å². The Balaban J connectivity index is 2.07. The summed E-state index contributed by atoms with van der Waals surface area (Å²) in [5.74, 6) is 1.90. The van der Waals surface area contributed by atoms with Crippen LogP contribution in [0, 0.1) is 18.3 Å². The minimum atomic E-state index is 0.0226. The van der Waals surface area contributed by atoms with Gasteiger partial charge < -0.3 is 9.47 Å². The van der Waals surface area contributed by atoms with Gasteiger partial charge in [-0.15, -0.1) is 0 Å². The topological polar surface area (TPSA) is 18.5 Å². The Kier molecular flexibility index (Phi) is 13.0. The molecule has 0 amide bonds. The van der Waals surface area contributed by atoms with Gasteiger partial charge >= 0.3 is 0 Å². The summed E-state index contributed by atoms with van der Waals surface area (Å²) in [6.07, 6.45) is 19.0. The van der Waals surface area contributed by atoms with Gasteiger partial charge in [0.25, 0.3) is 0 Å². The van der Waals surface area contributed by atoms with Crippen molar-refractivity contribution in [3.8, 4) is 0 Å². The van der Waals surface area contributed by atoms with E-state index in [2.05, 4.69) is 13.3 Å². The SMILES string of the molecule is CCCCCCC1CC[CH]C1CCCCCC(OCC)OCC. The average Bonchev–Trinajstić information content (AvgIpc) is 2.99. The van der Waals surface area contributed by atoms with E-state index in [0.717, 1.165) is 31.5 Å². The first kappa shape index (κ1) is 21.0. The fourth-order valence-corrected chi connectivity index (χ4v) is 3.93. The van der Waals surface area contributed by atoms with Crippen LogP contribution in [0.2, 0.25) is 0 Å². The zero-order chi connectivity index (χ0) is 16.8. The van der Waals surface area contributed by atoms with Gasteiger partial charge in [0.1, 0.15) is 0 Å². The quantitative estimate of drug-likeness (QED) is 0.251. The van der Waals surface area contributed by atoms with E-state index >= 15 is 0 Å². The Bertz CT molecular complexity index is 248. The molecule has 1 radical (unpaired) electrons. The van der Waals surface area contributed by atoms with Crippen molar-refractivity contribution in [2.45, 2.75) is 104 Å². The maximum Gasteiger partial charge on any atom is 0.157 e. The second kappa shape index (κ2) is 14.3. The predicted octanol–water partition coefficient (Wildman–Crippen LogP) is 6.54. The van der Waals surface area contributed by atoms with Crippen LogP contribution in [0.4, 0.5) is 0 Å². The minimum Gasteiger partial charge on any atom is -0.353 e. The Morgan fingerprint density at radius 1 is 0.870 bits per heavy atom. The molecule has 2 atom stereocenters. The molecule has 1 aliphatic rings. The van der Waals surface area contributed by atoms with Gasteiger partial charge in [0.05, 0.1) is 0 Å². The smallest absolute Gasteiger partial charge is 0.157 e. The van der Waals surface area contributed by atoms with Crippen LogP contribution in [0.1, 0.15) is 97.8 Å². The summed E-state index contributed by atoms with van der Waals surface area (Å²) >= 11 is 0. The van der Waals surface area contributed by atoms with Gasteiger partial charge in [-0.3, -0.25) is 0 Å². The lowest BCUT2D eigenvalue weighted by molar-refractivity contribution is -0.140. The Hall–Kier alpha value is -0.0800. The molecule has 0 aliphatic heterocycles. The van der Waals surface area contributed by atoms with Gasteiger partial charge in [-0.1, -0.05) is 51.9 Å². The molecule has 0 saturated heterocycles. The van der Waals surface area contributed by atoms with E-state index in [0.29, 0.717) is 0 Å². The summed E-state index contributed by atoms with van der Waals surface area (Å²) in [4.78, 5) is 0. The molecule has 1 saturated carbocycles. The number of unbranched alkanes of at least 4 members (excludes halogenated alkanes) is 5. The van der Waals surface area contributed by atoms with E-state index in [1.54, 1.807) is 0 Å². The van der Waals surface area contributed by atoms with Crippen molar-refractivity contribution < 1.29 is 9.47 Å². The molecule has 0 aromatic carbocycles. The highest BCUT2D eigenvalue weighted by molar-refractivity contribution is 4.89. The molecular weight excluding hydrogens is 284 g/mol. The first-order valence-electron chi connectivity index (χ1n) is 10.4. The fraction of sp³-hybridized carbons (Fsp3) is 0.952. The van der Waals surface area contributed by atoms with E-state index < -0.39 is 0 Å². The summed E-state index contributed by atoms with van der Waals surface area (Å²) in [5, 5.41) is 0. The molecule has 0 aromatic heterocycles. The molecule has 2 unspecified atom stereocenters. The normalized spacial score (nSPS) is 21.4. The van der Waals surface area contributed by atoms with E-state index in [1.807, 2.05) is 13.8 Å². The number of ether oxygens (including phenoxy) is 2. The highest BCUT2D eigenvalue weighted by atomic mass is 16.7. The van der Waals surface area contributed by atoms with Crippen LogP contribution in [0.15, 0.2) is 0 Å². The van der Waals surface area contributed by atoms with E-state index in [-0.39, 0.29) is 6.29 Å². The lowest BCUT2D eigenvalue weighted by Gasteiger charge is -2.20. The fourth-order valence-electron chi connectivity index (χ4n) is 3.93. The Morgan fingerprint density at radius 3 is 2.26 bits per heavy atom. The molecule has 0 spiro atoms. The predicted molar refractivity (Wildman–Crippen MR) is 99.4 cm³/mol. The van der Waals surface area contributed by atoms with Crippen LogP contribution in [-0.4, -0.2) is 19.5 Å². The summed E-state index contributed by atoms with van der Waals surface area (Å²) in [6.45, 7) is 7.89. The highest BCUT2D eigenvalue weighted by Gasteiger charge is 2.26. The standard InChI is InChI=1S/C21H41O2/c1-4-7-8-10-14-19-16-13-17-20(19)15-11-9-12-18-21(22-5-2)23-6-3/h17,19-21H,4-16,18H2,1-3H3. The van der Waals surface area contributed by atoms with Crippen molar-refractivity contribution >= 4 is 0 Å². The lowest BCUT2D eigenvalue weighted by Crippen LogP contribution is -2.17. The first-order valence-corrected chi connectivity index (χ1v) is 10.4. The maximum atomic E-state index is 5.62. The molecule has 0 heterocycles. The zero-order valence-corrected chi connectivity index (χ0v) is 16.0. The number of hydrogen-bond acceptors (Lipinski definition) is 2. The minimum absolute atomic E-state index is 0.0226. The molecule has 1 rings (SSSR count). The van der Waals surface area contributed by atoms with Gasteiger partial charge in [-0.25, -0.2) is 0 Å². The third kappa shape index (κ3) is 9.72. The molecule has 1 aliphatic carbocycles. The first-order chi connectivity index (χ1) is 11.3. The molecule has 23 heavy (non-hydrogen) atoms. The van der Waals surface area contributed by atoms with Crippen molar-refractivity contribution in [2.24, 2.45) is 11.8 Å². The number of rotatable bonds is 15. The van der Waals surface area contributed by atoms with E-state index in [1.165, 1.54) is 70.6 Å². The van der Waals surface area contributed by atoms with Crippen molar-refractivity contribution in [3.05, 3.63) is 6.42 Å². The van der Waals surface area contributed by atoms with Crippen LogP contribution < -0.4 is 0 Å². The molecular formula is C21H41O2. The van der Waals surface area contributed by atoms with Crippen molar-refractivity contribution in [1.29, 1.82) is 0 Å². The van der Waals surface area contributed by atoms with Crippen LogP contribution in [-0.2, 0) is 9.47 Å². The Morgan fingerprint density at radius 2 is 1.57 bits per heavy atom. The average molecular weight is 326 g/mol. The molecule has 1 fully saturated rings.